The molecule has 1 amide bonds. The monoisotopic (exact) mass is 401 g/mol. The molecule has 0 spiro atoms. The summed E-state index contributed by atoms with van der Waals surface area (Å²) >= 11 is 1.48. The fourth-order valence-corrected chi connectivity index (χ4v) is 5.60. The molecule has 4 rings (SSSR count). The summed E-state index contributed by atoms with van der Waals surface area (Å²) in [6.45, 7) is 3.89. The molecule has 0 radical (unpaired) electrons. The summed E-state index contributed by atoms with van der Waals surface area (Å²) in [5.41, 5.74) is 2.53. The molecular weight excluding hydrogens is 382 g/mol. The summed E-state index contributed by atoms with van der Waals surface area (Å²) in [5, 5.41) is 0.726. The molecule has 0 bridgehead atoms. The van der Waals surface area contributed by atoms with Gasteiger partial charge in [-0.1, -0.05) is 12.1 Å². The van der Waals surface area contributed by atoms with Crippen LogP contribution in [-0.4, -0.2) is 25.9 Å². The van der Waals surface area contributed by atoms with Crippen molar-refractivity contribution in [2.45, 2.75) is 31.2 Å². The van der Waals surface area contributed by atoms with Gasteiger partial charge in [0.15, 0.2) is 0 Å². The summed E-state index contributed by atoms with van der Waals surface area (Å²) in [5.74, 6) is -0.0352. The number of fused-ring (bicyclic) bond motifs is 2. The Labute approximate surface area is 161 Å². The van der Waals surface area contributed by atoms with Crippen LogP contribution in [0.3, 0.4) is 0 Å². The Morgan fingerprint density at radius 2 is 2.04 bits per heavy atom. The van der Waals surface area contributed by atoms with Crippen molar-refractivity contribution in [3.8, 4) is 0 Å². The number of sulfonamides is 1. The molecule has 1 aliphatic rings. The number of amides is 1. The second-order valence-corrected chi connectivity index (χ2v) is 9.35. The normalized spacial score (nSPS) is 15.1. The van der Waals surface area contributed by atoms with E-state index in [4.69, 9.17) is 0 Å². The van der Waals surface area contributed by atoms with Crippen LogP contribution in [0.25, 0.3) is 10.2 Å². The molecule has 2 aromatic carbocycles. The minimum atomic E-state index is -3.69. The third-order valence-corrected chi connectivity index (χ3v) is 7.41. The predicted molar refractivity (Wildman–Crippen MR) is 107 cm³/mol. The smallest absolute Gasteiger partial charge is 0.241 e. The van der Waals surface area contributed by atoms with Crippen LogP contribution in [0, 0.1) is 0 Å². The number of hydrogen-bond acceptors (Lipinski definition) is 5. The van der Waals surface area contributed by atoms with Gasteiger partial charge in [-0.2, -0.15) is 0 Å². The molecule has 1 aliphatic heterocycles. The van der Waals surface area contributed by atoms with Crippen molar-refractivity contribution in [1.29, 1.82) is 0 Å². The third-order valence-electron chi connectivity index (χ3n) is 4.65. The van der Waals surface area contributed by atoms with Gasteiger partial charge < -0.3 is 4.90 Å². The minimum absolute atomic E-state index is 0.0352. The van der Waals surface area contributed by atoms with E-state index >= 15 is 0 Å². The number of carbonyl (C=O) groups excluding carboxylic acids is 1. The van der Waals surface area contributed by atoms with Crippen LogP contribution in [0.2, 0.25) is 0 Å². The van der Waals surface area contributed by atoms with Gasteiger partial charge in [0.2, 0.25) is 15.9 Å². The standard InChI is InChI=1S/C19H19N3O3S2/c1-12(19-20-16-5-3-4-6-18(16)26-19)21-27(24,25)15-7-8-17-14(11-15)9-10-22(17)13(2)23/h3-8,11-12,21H,9-10H2,1-2H3/t12-/m0/s1. The number of rotatable bonds is 4. The number of anilines is 1. The summed E-state index contributed by atoms with van der Waals surface area (Å²) in [4.78, 5) is 18.1. The first-order valence-electron chi connectivity index (χ1n) is 8.64. The Kier molecular flexibility index (Phi) is 4.49. The van der Waals surface area contributed by atoms with Crippen LogP contribution in [0.1, 0.15) is 30.5 Å². The Bertz CT molecular complexity index is 1110. The van der Waals surface area contributed by atoms with Crippen molar-refractivity contribution in [1.82, 2.24) is 9.71 Å². The fourth-order valence-electron chi connectivity index (χ4n) is 3.30. The average molecular weight is 402 g/mol. The molecule has 0 unspecified atom stereocenters. The lowest BCUT2D eigenvalue weighted by atomic mass is 10.2. The van der Waals surface area contributed by atoms with Crippen molar-refractivity contribution < 1.29 is 13.2 Å². The van der Waals surface area contributed by atoms with E-state index in [1.807, 2.05) is 24.3 Å². The lowest BCUT2D eigenvalue weighted by Crippen LogP contribution is -2.27. The van der Waals surface area contributed by atoms with Gasteiger partial charge in [0.05, 0.1) is 21.2 Å². The van der Waals surface area contributed by atoms with Gasteiger partial charge in [-0.15, -0.1) is 11.3 Å². The van der Waals surface area contributed by atoms with Gasteiger partial charge in [0.1, 0.15) is 5.01 Å². The van der Waals surface area contributed by atoms with Gasteiger partial charge in [-0.05, 0) is 49.2 Å². The van der Waals surface area contributed by atoms with Crippen molar-refractivity contribution in [2.24, 2.45) is 0 Å². The molecule has 1 N–H and O–H groups in total. The molecule has 0 aliphatic carbocycles. The van der Waals surface area contributed by atoms with E-state index in [0.717, 1.165) is 26.5 Å². The lowest BCUT2D eigenvalue weighted by molar-refractivity contribution is -0.116. The van der Waals surface area contributed by atoms with Crippen molar-refractivity contribution in [2.75, 3.05) is 11.4 Å². The first-order valence-corrected chi connectivity index (χ1v) is 10.9. The lowest BCUT2D eigenvalue weighted by Gasteiger charge is -2.16. The molecule has 6 nitrogen and oxygen atoms in total. The fraction of sp³-hybridized carbons (Fsp3) is 0.263. The number of hydrogen-bond donors (Lipinski definition) is 1. The van der Waals surface area contributed by atoms with Crippen LogP contribution >= 0.6 is 11.3 Å². The van der Waals surface area contributed by atoms with Gasteiger partial charge in [-0.3, -0.25) is 4.79 Å². The predicted octanol–water partition coefficient (Wildman–Crippen LogP) is 3.24. The SMILES string of the molecule is CC(=O)N1CCc2cc(S(=O)(=O)N[C@@H](C)c3nc4ccccc4s3)ccc21. The van der Waals surface area contributed by atoms with Gasteiger partial charge in [-0.25, -0.2) is 18.1 Å². The van der Waals surface area contributed by atoms with Crippen molar-refractivity contribution >= 4 is 43.2 Å². The topological polar surface area (TPSA) is 79.4 Å². The maximum atomic E-state index is 12.8. The number of nitrogens with one attached hydrogen (secondary N) is 1. The number of benzene rings is 2. The van der Waals surface area contributed by atoms with E-state index in [1.54, 1.807) is 30.0 Å². The maximum absolute atomic E-state index is 12.8. The zero-order valence-corrected chi connectivity index (χ0v) is 16.6. The van der Waals surface area contributed by atoms with Gasteiger partial charge in [0.25, 0.3) is 0 Å². The Balaban J connectivity index is 1.59. The molecule has 1 aromatic heterocycles. The summed E-state index contributed by atoms with van der Waals surface area (Å²) in [7, 11) is -3.69. The average Bonchev–Trinajstić information content (AvgIpc) is 3.24. The highest BCUT2D eigenvalue weighted by Gasteiger charge is 2.26. The van der Waals surface area contributed by atoms with Crippen LogP contribution in [0.15, 0.2) is 47.4 Å². The Hall–Kier alpha value is -2.29. The minimum Gasteiger partial charge on any atom is -0.312 e. The van der Waals surface area contributed by atoms with Crippen LogP contribution < -0.4 is 9.62 Å². The quantitative estimate of drug-likeness (QED) is 0.728. The molecule has 0 saturated heterocycles. The van der Waals surface area contributed by atoms with E-state index in [0.29, 0.717) is 13.0 Å². The molecule has 0 saturated carbocycles. The van der Waals surface area contributed by atoms with E-state index < -0.39 is 16.1 Å². The van der Waals surface area contributed by atoms with E-state index in [2.05, 4.69) is 9.71 Å². The molecule has 3 aromatic rings. The number of aromatic nitrogens is 1. The number of para-hydroxylation sites is 1. The third kappa shape index (κ3) is 3.36. The summed E-state index contributed by atoms with van der Waals surface area (Å²) in [6, 6.07) is 12.2. The molecule has 27 heavy (non-hydrogen) atoms. The maximum Gasteiger partial charge on any atom is 0.241 e. The largest absolute Gasteiger partial charge is 0.312 e. The van der Waals surface area contributed by atoms with Crippen LogP contribution in [-0.2, 0) is 21.2 Å². The molecule has 8 heteroatoms. The van der Waals surface area contributed by atoms with E-state index in [9.17, 15) is 13.2 Å². The van der Waals surface area contributed by atoms with Crippen molar-refractivity contribution in [3.63, 3.8) is 0 Å². The number of thiazole rings is 1. The molecular formula is C19H19N3O3S2. The first-order chi connectivity index (χ1) is 12.8. The zero-order valence-electron chi connectivity index (χ0n) is 15.0. The first kappa shape index (κ1) is 18.1. The number of nitrogens with zero attached hydrogens (tertiary/aromatic N) is 2. The zero-order chi connectivity index (χ0) is 19.2. The Morgan fingerprint density at radius 3 is 2.78 bits per heavy atom. The number of carbonyl (C=O) groups is 1. The van der Waals surface area contributed by atoms with Gasteiger partial charge in [0, 0.05) is 19.2 Å². The summed E-state index contributed by atoms with van der Waals surface area (Å²) in [6.07, 6.45) is 0.658. The molecule has 140 valence electrons. The second kappa shape index (κ2) is 6.70. The van der Waals surface area contributed by atoms with Crippen LogP contribution in [0.4, 0.5) is 5.69 Å². The Morgan fingerprint density at radius 1 is 1.26 bits per heavy atom. The highest BCUT2D eigenvalue weighted by molar-refractivity contribution is 7.89. The second-order valence-electron chi connectivity index (χ2n) is 6.57. The molecule has 2 heterocycles. The molecule has 1 atom stereocenters. The van der Waals surface area contributed by atoms with Crippen molar-refractivity contribution in [3.05, 3.63) is 53.0 Å². The van der Waals surface area contributed by atoms with E-state index in [1.165, 1.54) is 18.3 Å². The van der Waals surface area contributed by atoms with Crippen LogP contribution in [0.5, 0.6) is 0 Å². The summed E-state index contributed by atoms with van der Waals surface area (Å²) < 4.78 is 29.4. The molecule has 0 fully saturated rings. The highest BCUT2D eigenvalue weighted by atomic mass is 32.2. The highest BCUT2D eigenvalue weighted by Crippen LogP contribution is 2.31. The van der Waals surface area contributed by atoms with E-state index in [-0.39, 0.29) is 10.8 Å². The van der Waals surface area contributed by atoms with Gasteiger partial charge >= 0.3 is 0 Å².